The van der Waals surface area contributed by atoms with Crippen LogP contribution in [0.15, 0.2) is 35.5 Å². The summed E-state index contributed by atoms with van der Waals surface area (Å²) >= 11 is 1.75. The first kappa shape index (κ1) is 19.2. The van der Waals surface area contributed by atoms with Gasteiger partial charge >= 0.3 is 0 Å². The third-order valence-electron chi connectivity index (χ3n) is 4.14. The molecule has 136 valence electrons. The number of ether oxygens (including phenoxy) is 1. The molecule has 1 atom stereocenters. The van der Waals surface area contributed by atoms with Crippen LogP contribution in [0.4, 0.5) is 0 Å². The van der Waals surface area contributed by atoms with E-state index in [-0.39, 0.29) is 0 Å². The molecule has 0 amide bonds. The van der Waals surface area contributed by atoms with E-state index >= 15 is 0 Å². The van der Waals surface area contributed by atoms with Crippen LogP contribution in [0.2, 0.25) is 0 Å². The number of rotatable bonds is 8. The van der Waals surface area contributed by atoms with Gasteiger partial charge in [0.05, 0.1) is 13.7 Å². The molecule has 0 spiro atoms. The third-order valence-corrected chi connectivity index (χ3v) is 5.28. The second-order valence-electron chi connectivity index (χ2n) is 5.89. The fourth-order valence-corrected chi connectivity index (χ4v) is 3.28. The Balaban J connectivity index is 1.74. The Hall–Kier alpha value is -2.08. The predicted octanol–water partition coefficient (Wildman–Crippen LogP) is 3.57. The molecule has 0 bridgehead atoms. The number of hydrogen-bond donors (Lipinski definition) is 2. The topological polar surface area (TPSA) is 58.5 Å². The van der Waals surface area contributed by atoms with Crippen molar-refractivity contribution in [1.29, 1.82) is 0 Å². The lowest BCUT2D eigenvalue weighted by Gasteiger charge is -2.15. The van der Waals surface area contributed by atoms with Crippen molar-refractivity contribution in [2.45, 2.75) is 39.2 Å². The molecule has 0 aliphatic carbocycles. The first-order chi connectivity index (χ1) is 12.2. The Bertz CT molecular complexity index is 666. The normalized spacial score (nSPS) is 12.7. The van der Waals surface area contributed by atoms with Crippen LogP contribution in [-0.2, 0) is 13.0 Å². The molecule has 0 radical (unpaired) electrons. The molecule has 1 unspecified atom stereocenters. The lowest BCUT2D eigenvalue weighted by atomic mass is 9.98. The standard InChI is InChI=1S/C19H28N4OS/c1-5-17-12-22-18(25-17)13-23-19(20-3)21-11-10-14(2)15-6-8-16(24-4)9-7-15/h6-9,12,14H,5,10-11,13H2,1-4H3,(H2,20,21,23). The second-order valence-corrected chi connectivity index (χ2v) is 7.09. The maximum Gasteiger partial charge on any atom is 0.191 e. The van der Waals surface area contributed by atoms with Gasteiger partial charge in [-0.1, -0.05) is 26.0 Å². The van der Waals surface area contributed by atoms with E-state index in [4.69, 9.17) is 4.74 Å². The molecule has 2 aromatic rings. The quantitative estimate of drug-likeness (QED) is 0.558. The first-order valence-electron chi connectivity index (χ1n) is 8.68. The monoisotopic (exact) mass is 360 g/mol. The molecule has 1 heterocycles. The van der Waals surface area contributed by atoms with Crippen LogP contribution >= 0.6 is 11.3 Å². The molecule has 0 fully saturated rings. The van der Waals surface area contributed by atoms with Crippen molar-refractivity contribution in [3.8, 4) is 5.75 Å². The summed E-state index contributed by atoms with van der Waals surface area (Å²) in [7, 11) is 3.48. The summed E-state index contributed by atoms with van der Waals surface area (Å²) in [6.07, 6.45) is 4.02. The number of aryl methyl sites for hydroxylation is 1. The minimum Gasteiger partial charge on any atom is -0.497 e. The maximum atomic E-state index is 5.21. The Labute approximate surface area is 154 Å². The minimum atomic E-state index is 0.475. The van der Waals surface area contributed by atoms with E-state index in [0.717, 1.165) is 36.1 Å². The van der Waals surface area contributed by atoms with Crippen LogP contribution in [0.1, 0.15) is 41.6 Å². The van der Waals surface area contributed by atoms with Crippen LogP contribution in [0.5, 0.6) is 5.75 Å². The van der Waals surface area contributed by atoms with Crippen molar-refractivity contribution >= 4 is 17.3 Å². The third kappa shape index (κ3) is 6.05. The fraction of sp³-hybridized carbons (Fsp3) is 0.474. The van der Waals surface area contributed by atoms with Crippen LogP contribution in [0.25, 0.3) is 0 Å². The summed E-state index contributed by atoms with van der Waals surface area (Å²) in [5.74, 6) is 2.19. The van der Waals surface area contributed by atoms with Crippen LogP contribution in [-0.4, -0.2) is 31.6 Å². The number of aromatic nitrogens is 1. The summed E-state index contributed by atoms with van der Waals surface area (Å²) in [6, 6.07) is 8.28. The highest BCUT2D eigenvalue weighted by atomic mass is 32.1. The lowest BCUT2D eigenvalue weighted by molar-refractivity contribution is 0.414. The smallest absolute Gasteiger partial charge is 0.191 e. The highest BCUT2D eigenvalue weighted by Crippen LogP contribution is 2.21. The molecular formula is C19H28N4OS. The molecule has 5 nitrogen and oxygen atoms in total. The molecule has 2 rings (SSSR count). The van der Waals surface area contributed by atoms with Gasteiger partial charge in [0.25, 0.3) is 0 Å². The van der Waals surface area contributed by atoms with Gasteiger partial charge in [0.2, 0.25) is 0 Å². The van der Waals surface area contributed by atoms with Crippen LogP contribution < -0.4 is 15.4 Å². The maximum absolute atomic E-state index is 5.21. The van der Waals surface area contributed by atoms with E-state index in [1.54, 1.807) is 25.5 Å². The summed E-state index contributed by atoms with van der Waals surface area (Å²) in [4.78, 5) is 10.0. The zero-order valence-electron chi connectivity index (χ0n) is 15.5. The largest absolute Gasteiger partial charge is 0.497 e. The molecule has 2 N–H and O–H groups in total. The van der Waals surface area contributed by atoms with Gasteiger partial charge in [-0.3, -0.25) is 4.99 Å². The van der Waals surface area contributed by atoms with Gasteiger partial charge in [-0.2, -0.15) is 0 Å². The number of aliphatic imine (C=N–C) groups is 1. The molecule has 0 aliphatic rings. The Morgan fingerprint density at radius 3 is 2.64 bits per heavy atom. The molecule has 25 heavy (non-hydrogen) atoms. The molecular weight excluding hydrogens is 332 g/mol. The van der Waals surface area contributed by atoms with Gasteiger partial charge in [0.1, 0.15) is 10.8 Å². The van der Waals surface area contributed by atoms with Crippen molar-refractivity contribution < 1.29 is 4.74 Å². The molecule has 1 aromatic heterocycles. The van der Waals surface area contributed by atoms with Gasteiger partial charge in [0, 0.05) is 24.7 Å². The predicted molar refractivity (Wildman–Crippen MR) is 106 cm³/mol. The zero-order valence-corrected chi connectivity index (χ0v) is 16.3. The van der Waals surface area contributed by atoms with Gasteiger partial charge in [-0.05, 0) is 36.5 Å². The van der Waals surface area contributed by atoms with Crippen LogP contribution in [0.3, 0.4) is 0 Å². The highest BCUT2D eigenvalue weighted by molar-refractivity contribution is 7.11. The highest BCUT2D eigenvalue weighted by Gasteiger charge is 2.07. The summed E-state index contributed by atoms with van der Waals surface area (Å²) in [6.45, 7) is 5.96. The number of nitrogens with one attached hydrogen (secondary N) is 2. The summed E-state index contributed by atoms with van der Waals surface area (Å²) in [5.41, 5.74) is 1.32. The van der Waals surface area contributed by atoms with E-state index in [0.29, 0.717) is 12.5 Å². The van der Waals surface area contributed by atoms with E-state index in [2.05, 4.69) is 46.6 Å². The van der Waals surface area contributed by atoms with Crippen LogP contribution in [0, 0.1) is 0 Å². The van der Waals surface area contributed by atoms with Crippen molar-refractivity contribution in [1.82, 2.24) is 15.6 Å². The van der Waals surface area contributed by atoms with Gasteiger partial charge in [-0.25, -0.2) is 4.98 Å². The number of thiazole rings is 1. The molecule has 0 aliphatic heterocycles. The molecule has 0 saturated carbocycles. The summed E-state index contributed by atoms with van der Waals surface area (Å²) < 4.78 is 5.21. The average Bonchev–Trinajstić information content (AvgIpc) is 3.12. The van der Waals surface area contributed by atoms with Gasteiger partial charge in [0.15, 0.2) is 5.96 Å². The number of benzene rings is 1. The van der Waals surface area contributed by atoms with Crippen molar-refractivity contribution in [2.24, 2.45) is 4.99 Å². The molecule has 1 aromatic carbocycles. The number of methoxy groups -OCH3 is 1. The van der Waals surface area contributed by atoms with Crippen molar-refractivity contribution in [3.05, 3.63) is 45.9 Å². The Kier molecular flexibility index (Phi) is 7.73. The second kappa shape index (κ2) is 10.0. The van der Waals surface area contributed by atoms with Crippen molar-refractivity contribution in [2.75, 3.05) is 20.7 Å². The minimum absolute atomic E-state index is 0.475. The van der Waals surface area contributed by atoms with E-state index in [1.165, 1.54) is 10.4 Å². The van der Waals surface area contributed by atoms with Gasteiger partial charge < -0.3 is 15.4 Å². The SMILES string of the molecule is CCc1cnc(CNC(=NC)NCCC(C)c2ccc(OC)cc2)s1. The first-order valence-corrected chi connectivity index (χ1v) is 9.50. The number of hydrogen-bond acceptors (Lipinski definition) is 4. The van der Waals surface area contributed by atoms with Crippen molar-refractivity contribution in [3.63, 3.8) is 0 Å². The Morgan fingerprint density at radius 1 is 1.28 bits per heavy atom. The zero-order chi connectivity index (χ0) is 18.1. The summed E-state index contributed by atoms with van der Waals surface area (Å²) in [5, 5.41) is 7.79. The van der Waals surface area contributed by atoms with E-state index in [9.17, 15) is 0 Å². The Morgan fingerprint density at radius 2 is 2.04 bits per heavy atom. The number of guanidine groups is 1. The number of nitrogens with zero attached hydrogens (tertiary/aromatic N) is 2. The average molecular weight is 361 g/mol. The fourth-order valence-electron chi connectivity index (χ4n) is 2.48. The van der Waals surface area contributed by atoms with E-state index in [1.807, 2.05) is 18.3 Å². The van der Waals surface area contributed by atoms with Gasteiger partial charge in [-0.15, -0.1) is 11.3 Å². The molecule has 0 saturated heterocycles. The van der Waals surface area contributed by atoms with E-state index < -0.39 is 0 Å². The molecule has 6 heteroatoms. The lowest BCUT2D eigenvalue weighted by Crippen LogP contribution is -2.37.